The van der Waals surface area contributed by atoms with Crippen molar-refractivity contribution >= 4 is 28.6 Å². The van der Waals surface area contributed by atoms with Gasteiger partial charge in [-0.2, -0.15) is 10.2 Å². The summed E-state index contributed by atoms with van der Waals surface area (Å²) in [5.74, 6) is -0.253. The summed E-state index contributed by atoms with van der Waals surface area (Å²) in [7, 11) is 0. The molecule has 5 aromatic rings. The van der Waals surface area contributed by atoms with E-state index in [1.165, 1.54) is 5.56 Å². The molecule has 160 valence electrons. The summed E-state index contributed by atoms with van der Waals surface area (Å²) in [4.78, 5) is 18.6. The van der Waals surface area contributed by atoms with Gasteiger partial charge in [0, 0.05) is 6.20 Å². The number of hydrogen-bond acceptors (Lipinski definition) is 5. The van der Waals surface area contributed by atoms with Gasteiger partial charge in [0.2, 0.25) is 0 Å². The SMILES string of the molecule is Cc1ccc(Cn2nc(C)c(NC(=O)c3cnn4c(-c5cccs5)ccnc34)c2C)cc1. The van der Waals surface area contributed by atoms with Gasteiger partial charge >= 0.3 is 0 Å². The van der Waals surface area contributed by atoms with E-state index in [2.05, 4.69) is 51.7 Å². The molecule has 4 aromatic heterocycles. The Balaban J connectivity index is 1.43. The molecule has 7 nitrogen and oxygen atoms in total. The monoisotopic (exact) mass is 442 g/mol. The van der Waals surface area contributed by atoms with Crippen LogP contribution in [0.4, 0.5) is 5.69 Å². The first-order valence-electron chi connectivity index (χ1n) is 10.3. The lowest BCUT2D eigenvalue weighted by Crippen LogP contribution is -2.13. The minimum Gasteiger partial charge on any atom is -0.319 e. The molecule has 0 saturated heterocycles. The average Bonchev–Trinajstić information content (AvgIpc) is 3.52. The number of carbonyl (C=O) groups excluding carboxylic acids is 1. The molecule has 0 bridgehead atoms. The van der Waals surface area contributed by atoms with Crippen LogP contribution < -0.4 is 5.32 Å². The van der Waals surface area contributed by atoms with E-state index in [1.54, 1.807) is 28.2 Å². The molecule has 0 aliphatic carbocycles. The summed E-state index contributed by atoms with van der Waals surface area (Å²) >= 11 is 1.62. The number of aromatic nitrogens is 5. The lowest BCUT2D eigenvalue weighted by atomic mass is 10.1. The summed E-state index contributed by atoms with van der Waals surface area (Å²) in [6, 6.07) is 14.3. The van der Waals surface area contributed by atoms with E-state index in [1.807, 2.05) is 42.1 Å². The van der Waals surface area contributed by atoms with Gasteiger partial charge in [0.25, 0.3) is 5.91 Å². The summed E-state index contributed by atoms with van der Waals surface area (Å²) in [5.41, 5.74) is 6.63. The van der Waals surface area contributed by atoms with Crippen LogP contribution >= 0.6 is 11.3 Å². The molecule has 1 aromatic carbocycles. The van der Waals surface area contributed by atoms with Gasteiger partial charge in [0.15, 0.2) is 5.65 Å². The Bertz CT molecular complexity index is 1410. The zero-order chi connectivity index (χ0) is 22.2. The Morgan fingerprint density at radius 1 is 1.09 bits per heavy atom. The van der Waals surface area contributed by atoms with Crippen molar-refractivity contribution in [2.75, 3.05) is 5.32 Å². The molecule has 0 aliphatic heterocycles. The van der Waals surface area contributed by atoms with Crippen molar-refractivity contribution in [2.24, 2.45) is 0 Å². The topological polar surface area (TPSA) is 77.1 Å². The van der Waals surface area contributed by atoms with Crippen molar-refractivity contribution in [1.29, 1.82) is 0 Å². The summed E-state index contributed by atoms with van der Waals surface area (Å²) in [5, 5.41) is 14.1. The van der Waals surface area contributed by atoms with Crippen LogP contribution in [-0.2, 0) is 6.54 Å². The van der Waals surface area contributed by atoms with Gasteiger partial charge in [-0.15, -0.1) is 11.3 Å². The Hall–Kier alpha value is -3.78. The highest BCUT2D eigenvalue weighted by Crippen LogP contribution is 2.26. The third-order valence-electron chi connectivity index (χ3n) is 5.49. The second-order valence-electron chi connectivity index (χ2n) is 7.74. The first kappa shape index (κ1) is 20.1. The number of thiophene rings is 1. The first-order valence-corrected chi connectivity index (χ1v) is 11.2. The van der Waals surface area contributed by atoms with E-state index in [4.69, 9.17) is 0 Å². The number of amides is 1. The molecule has 32 heavy (non-hydrogen) atoms. The molecule has 5 rings (SSSR count). The Morgan fingerprint density at radius 3 is 2.66 bits per heavy atom. The van der Waals surface area contributed by atoms with Crippen LogP contribution in [0.5, 0.6) is 0 Å². The number of hydrogen-bond donors (Lipinski definition) is 1. The predicted molar refractivity (Wildman–Crippen MR) is 126 cm³/mol. The van der Waals surface area contributed by atoms with Gasteiger partial charge in [-0.05, 0) is 43.8 Å². The average molecular weight is 443 g/mol. The van der Waals surface area contributed by atoms with Crippen molar-refractivity contribution in [1.82, 2.24) is 24.4 Å². The zero-order valence-corrected chi connectivity index (χ0v) is 18.8. The maximum absolute atomic E-state index is 13.2. The van der Waals surface area contributed by atoms with E-state index in [-0.39, 0.29) is 5.91 Å². The van der Waals surface area contributed by atoms with Gasteiger partial charge in [-0.1, -0.05) is 35.9 Å². The van der Waals surface area contributed by atoms with E-state index < -0.39 is 0 Å². The van der Waals surface area contributed by atoms with Crippen LogP contribution in [0.25, 0.3) is 16.2 Å². The number of benzene rings is 1. The Kier molecular flexibility index (Phi) is 5.07. The minimum absolute atomic E-state index is 0.253. The largest absolute Gasteiger partial charge is 0.319 e. The molecule has 0 atom stereocenters. The second kappa shape index (κ2) is 8.05. The zero-order valence-electron chi connectivity index (χ0n) is 18.0. The highest BCUT2D eigenvalue weighted by Gasteiger charge is 2.20. The van der Waals surface area contributed by atoms with Gasteiger partial charge in [0.05, 0.1) is 40.4 Å². The molecule has 4 heterocycles. The molecule has 0 aliphatic rings. The fourth-order valence-electron chi connectivity index (χ4n) is 3.74. The smallest absolute Gasteiger partial charge is 0.261 e. The van der Waals surface area contributed by atoms with Crippen molar-refractivity contribution in [3.05, 3.63) is 88.3 Å². The second-order valence-corrected chi connectivity index (χ2v) is 8.69. The van der Waals surface area contributed by atoms with Gasteiger partial charge < -0.3 is 5.32 Å². The minimum atomic E-state index is -0.253. The fraction of sp³-hybridized carbons (Fsp3) is 0.167. The highest BCUT2D eigenvalue weighted by molar-refractivity contribution is 7.13. The van der Waals surface area contributed by atoms with Crippen molar-refractivity contribution < 1.29 is 4.79 Å². The maximum Gasteiger partial charge on any atom is 0.261 e. The van der Waals surface area contributed by atoms with Crippen LogP contribution in [-0.4, -0.2) is 30.3 Å². The standard InChI is InChI=1S/C24H22N6OS/c1-15-6-8-18(9-7-15)14-29-17(3)22(16(2)28-29)27-24(31)19-13-26-30-20(10-11-25-23(19)30)21-5-4-12-32-21/h4-13H,14H2,1-3H3,(H,27,31). The van der Waals surface area contributed by atoms with Crippen LogP contribution in [0.3, 0.4) is 0 Å². The molecule has 1 amide bonds. The van der Waals surface area contributed by atoms with Crippen LogP contribution in [0.1, 0.15) is 32.9 Å². The molecule has 1 N–H and O–H groups in total. The number of rotatable bonds is 5. The number of carbonyl (C=O) groups is 1. The number of nitrogens with one attached hydrogen (secondary N) is 1. The molecule has 0 saturated carbocycles. The molecular weight excluding hydrogens is 420 g/mol. The third-order valence-corrected chi connectivity index (χ3v) is 6.38. The third kappa shape index (κ3) is 3.58. The maximum atomic E-state index is 13.2. The molecule has 0 fully saturated rings. The van der Waals surface area contributed by atoms with E-state index >= 15 is 0 Å². The Morgan fingerprint density at radius 2 is 1.91 bits per heavy atom. The van der Waals surface area contributed by atoms with Crippen molar-refractivity contribution in [2.45, 2.75) is 27.3 Å². The molecule has 0 radical (unpaired) electrons. The van der Waals surface area contributed by atoms with Crippen LogP contribution in [0, 0.1) is 20.8 Å². The van der Waals surface area contributed by atoms with E-state index in [9.17, 15) is 4.79 Å². The van der Waals surface area contributed by atoms with Crippen molar-refractivity contribution in [3.63, 3.8) is 0 Å². The normalized spacial score (nSPS) is 11.2. The number of aryl methyl sites for hydroxylation is 2. The van der Waals surface area contributed by atoms with E-state index in [0.29, 0.717) is 17.8 Å². The van der Waals surface area contributed by atoms with Gasteiger partial charge in [0.1, 0.15) is 5.56 Å². The van der Waals surface area contributed by atoms with E-state index in [0.717, 1.165) is 33.2 Å². The number of anilines is 1. The lowest BCUT2D eigenvalue weighted by Gasteiger charge is -2.07. The number of nitrogens with zero attached hydrogens (tertiary/aromatic N) is 5. The quantitative estimate of drug-likeness (QED) is 0.421. The number of fused-ring (bicyclic) bond motifs is 1. The summed E-state index contributed by atoms with van der Waals surface area (Å²) < 4.78 is 3.63. The highest BCUT2D eigenvalue weighted by atomic mass is 32.1. The van der Waals surface area contributed by atoms with Gasteiger partial charge in [-0.3, -0.25) is 9.48 Å². The predicted octanol–water partition coefficient (Wildman–Crippen LogP) is 4.88. The molecule has 0 unspecified atom stereocenters. The summed E-state index contributed by atoms with van der Waals surface area (Å²) in [6.07, 6.45) is 3.27. The summed E-state index contributed by atoms with van der Waals surface area (Å²) in [6.45, 7) is 6.58. The van der Waals surface area contributed by atoms with Gasteiger partial charge in [-0.25, -0.2) is 9.50 Å². The molecular formula is C24H22N6OS. The lowest BCUT2D eigenvalue weighted by molar-refractivity contribution is 0.102. The molecule has 0 spiro atoms. The van der Waals surface area contributed by atoms with Crippen LogP contribution in [0.15, 0.2) is 60.2 Å². The fourth-order valence-corrected chi connectivity index (χ4v) is 4.48. The first-order chi connectivity index (χ1) is 15.5. The Labute approximate surface area is 189 Å². The molecule has 8 heteroatoms. The van der Waals surface area contributed by atoms with Crippen LogP contribution in [0.2, 0.25) is 0 Å². The van der Waals surface area contributed by atoms with Crippen molar-refractivity contribution in [3.8, 4) is 10.6 Å².